The van der Waals surface area contributed by atoms with E-state index in [9.17, 15) is 9.59 Å². The molecule has 0 aromatic heterocycles. The maximum atomic E-state index is 12.3. The number of hydrogen-bond acceptors (Lipinski definition) is 5. The number of ether oxygens (including phenoxy) is 2. The lowest BCUT2D eigenvalue weighted by atomic mass is 9.97. The first kappa shape index (κ1) is 18.2. The largest absolute Gasteiger partial charge is 0.482 e. The van der Waals surface area contributed by atoms with Crippen molar-refractivity contribution in [2.75, 3.05) is 13.2 Å². The topological polar surface area (TPSA) is 76.4 Å². The molecule has 5 nitrogen and oxygen atoms in total. The summed E-state index contributed by atoms with van der Waals surface area (Å²) in [7, 11) is 0. The molecule has 0 saturated carbocycles. The lowest BCUT2D eigenvalue weighted by molar-refractivity contribution is -0.144. The van der Waals surface area contributed by atoms with Crippen molar-refractivity contribution in [1.82, 2.24) is 0 Å². The number of carbonyl (C=O) groups is 2. The van der Waals surface area contributed by atoms with Crippen LogP contribution in [0.2, 0.25) is 0 Å². The van der Waals surface area contributed by atoms with E-state index in [0.717, 1.165) is 16.7 Å². The van der Waals surface area contributed by atoms with E-state index in [-0.39, 0.29) is 19.0 Å². The molecule has 2 aromatic carbocycles. The van der Waals surface area contributed by atoms with Crippen molar-refractivity contribution in [2.24, 2.45) is 0 Å². The lowest BCUT2D eigenvalue weighted by Crippen LogP contribution is -2.20. The van der Waals surface area contributed by atoms with E-state index in [4.69, 9.17) is 14.7 Å². The van der Waals surface area contributed by atoms with Gasteiger partial charge in [-0.15, -0.1) is 0 Å². The average Bonchev–Trinajstić information content (AvgIpc) is 2.57. The molecule has 0 radical (unpaired) electrons. The van der Waals surface area contributed by atoms with Gasteiger partial charge in [0.25, 0.3) is 0 Å². The van der Waals surface area contributed by atoms with Crippen LogP contribution in [0.1, 0.15) is 32.6 Å². The molecule has 0 aliphatic heterocycles. The number of nitrogens with zero attached hydrogens (tertiary/aromatic N) is 1. The van der Waals surface area contributed by atoms with Crippen molar-refractivity contribution in [3.63, 3.8) is 0 Å². The van der Waals surface area contributed by atoms with Gasteiger partial charge in [-0.25, -0.2) is 4.79 Å². The molecule has 0 heterocycles. The summed E-state index contributed by atoms with van der Waals surface area (Å²) < 4.78 is 10.3. The summed E-state index contributed by atoms with van der Waals surface area (Å²) in [5, 5.41) is 8.72. The molecule has 128 valence electrons. The molecule has 0 unspecified atom stereocenters. The molecule has 0 saturated heterocycles. The Labute approximate surface area is 146 Å². The molecule has 0 bridgehead atoms. The maximum absolute atomic E-state index is 12.3. The normalized spacial score (nSPS) is 10.0. The fraction of sp³-hybridized carbons (Fsp3) is 0.250. The number of Topliss-reactive ketones (excluding diaryl/α,β-unsaturated/α-hetero) is 1. The predicted octanol–water partition coefficient (Wildman–Crippen LogP) is 3.29. The Morgan fingerprint density at radius 1 is 1.00 bits per heavy atom. The van der Waals surface area contributed by atoms with E-state index >= 15 is 0 Å². The number of rotatable bonds is 6. The van der Waals surface area contributed by atoms with Crippen LogP contribution in [-0.4, -0.2) is 25.0 Å². The highest BCUT2D eigenvalue weighted by Crippen LogP contribution is 2.17. The zero-order valence-corrected chi connectivity index (χ0v) is 14.5. The van der Waals surface area contributed by atoms with Gasteiger partial charge in [0.15, 0.2) is 13.2 Å². The van der Waals surface area contributed by atoms with Crippen LogP contribution < -0.4 is 4.74 Å². The van der Waals surface area contributed by atoms with Crippen molar-refractivity contribution in [3.05, 3.63) is 64.2 Å². The number of carbonyl (C=O) groups excluding carboxylic acids is 2. The standard InChI is InChI=1S/C20H19NO4/c1-13-8-14(2)20(15(3)9-13)18(22)11-25-19(23)12-24-17-6-4-16(10-21)5-7-17/h4-9H,11-12H2,1-3H3. The lowest BCUT2D eigenvalue weighted by Gasteiger charge is -2.11. The third kappa shape index (κ3) is 4.92. The van der Waals surface area contributed by atoms with Crippen LogP contribution in [0.4, 0.5) is 0 Å². The number of benzene rings is 2. The molecule has 0 amide bonds. The van der Waals surface area contributed by atoms with Crippen LogP contribution in [0.3, 0.4) is 0 Å². The fourth-order valence-corrected chi connectivity index (χ4v) is 2.65. The van der Waals surface area contributed by atoms with E-state index in [1.807, 2.05) is 39.0 Å². The summed E-state index contributed by atoms with van der Waals surface area (Å²) in [6, 6.07) is 12.2. The van der Waals surface area contributed by atoms with E-state index in [1.54, 1.807) is 24.3 Å². The van der Waals surface area contributed by atoms with Crippen LogP contribution in [0.5, 0.6) is 5.75 Å². The Balaban J connectivity index is 1.87. The van der Waals surface area contributed by atoms with Crippen molar-refractivity contribution >= 4 is 11.8 Å². The fourth-order valence-electron chi connectivity index (χ4n) is 2.65. The van der Waals surface area contributed by atoms with Gasteiger partial charge in [-0.3, -0.25) is 4.79 Å². The zero-order chi connectivity index (χ0) is 18.4. The summed E-state index contributed by atoms with van der Waals surface area (Å²) >= 11 is 0. The van der Waals surface area contributed by atoms with Gasteiger partial charge in [-0.1, -0.05) is 17.7 Å². The molecule has 0 aliphatic rings. The van der Waals surface area contributed by atoms with Gasteiger partial charge in [-0.05, 0) is 56.2 Å². The summed E-state index contributed by atoms with van der Waals surface area (Å²) in [6.07, 6.45) is 0. The highest BCUT2D eigenvalue weighted by molar-refractivity contribution is 6.00. The smallest absolute Gasteiger partial charge is 0.344 e. The Bertz CT molecular complexity index is 809. The van der Waals surface area contributed by atoms with Crippen LogP contribution in [0.25, 0.3) is 0 Å². The molecule has 2 rings (SSSR count). The minimum Gasteiger partial charge on any atom is -0.482 e. The van der Waals surface area contributed by atoms with Gasteiger partial charge < -0.3 is 9.47 Å². The molecule has 0 N–H and O–H groups in total. The predicted molar refractivity (Wildman–Crippen MR) is 92.6 cm³/mol. The second kappa shape index (κ2) is 8.11. The van der Waals surface area contributed by atoms with E-state index in [0.29, 0.717) is 16.9 Å². The number of ketones is 1. The monoisotopic (exact) mass is 337 g/mol. The average molecular weight is 337 g/mol. The van der Waals surface area contributed by atoms with Crippen LogP contribution in [0.15, 0.2) is 36.4 Å². The molecule has 2 aromatic rings. The first-order valence-electron chi connectivity index (χ1n) is 7.80. The van der Waals surface area contributed by atoms with E-state index in [1.165, 1.54) is 0 Å². The van der Waals surface area contributed by atoms with Crippen molar-refractivity contribution < 1.29 is 19.1 Å². The first-order valence-corrected chi connectivity index (χ1v) is 7.80. The van der Waals surface area contributed by atoms with Crippen LogP contribution >= 0.6 is 0 Å². The minimum absolute atomic E-state index is 0.235. The highest BCUT2D eigenvalue weighted by Gasteiger charge is 2.15. The molecule has 0 fully saturated rings. The maximum Gasteiger partial charge on any atom is 0.344 e. The number of hydrogen-bond donors (Lipinski definition) is 0. The van der Waals surface area contributed by atoms with Gasteiger partial charge in [0.2, 0.25) is 5.78 Å². The SMILES string of the molecule is Cc1cc(C)c(C(=O)COC(=O)COc2ccc(C#N)cc2)c(C)c1. The van der Waals surface area contributed by atoms with Crippen LogP contribution in [0, 0.1) is 32.1 Å². The van der Waals surface area contributed by atoms with E-state index in [2.05, 4.69) is 0 Å². The number of nitriles is 1. The molecule has 0 atom stereocenters. The van der Waals surface area contributed by atoms with E-state index < -0.39 is 5.97 Å². The Morgan fingerprint density at radius 3 is 2.16 bits per heavy atom. The highest BCUT2D eigenvalue weighted by atomic mass is 16.6. The summed E-state index contributed by atoms with van der Waals surface area (Å²) in [5.41, 5.74) is 3.91. The van der Waals surface area contributed by atoms with Gasteiger partial charge in [0, 0.05) is 5.56 Å². The van der Waals surface area contributed by atoms with Crippen molar-refractivity contribution in [1.29, 1.82) is 5.26 Å². The summed E-state index contributed by atoms with van der Waals surface area (Å²) in [5.74, 6) is -0.408. The van der Waals surface area contributed by atoms with Crippen molar-refractivity contribution in [3.8, 4) is 11.8 Å². The van der Waals surface area contributed by atoms with Crippen molar-refractivity contribution in [2.45, 2.75) is 20.8 Å². The Kier molecular flexibility index (Phi) is 5.91. The molecular weight excluding hydrogens is 318 g/mol. The third-order valence-corrected chi connectivity index (χ3v) is 3.66. The molecular formula is C20H19NO4. The van der Waals surface area contributed by atoms with Gasteiger partial charge >= 0.3 is 5.97 Å². The number of aryl methyl sites for hydroxylation is 3. The molecule has 0 spiro atoms. The van der Waals surface area contributed by atoms with Gasteiger partial charge in [0.1, 0.15) is 5.75 Å². The summed E-state index contributed by atoms with van der Waals surface area (Å²) in [4.78, 5) is 24.0. The molecule has 25 heavy (non-hydrogen) atoms. The molecule has 0 aliphatic carbocycles. The minimum atomic E-state index is -0.625. The van der Waals surface area contributed by atoms with Gasteiger partial charge in [-0.2, -0.15) is 5.26 Å². The number of esters is 1. The summed E-state index contributed by atoms with van der Waals surface area (Å²) in [6.45, 7) is 5.08. The van der Waals surface area contributed by atoms with Gasteiger partial charge in [0.05, 0.1) is 11.6 Å². The molecule has 5 heteroatoms. The first-order chi connectivity index (χ1) is 11.9. The Hall–Kier alpha value is -3.13. The third-order valence-electron chi connectivity index (χ3n) is 3.66. The second-order valence-corrected chi connectivity index (χ2v) is 5.78. The quantitative estimate of drug-likeness (QED) is 0.597. The Morgan fingerprint density at radius 2 is 1.60 bits per heavy atom. The zero-order valence-electron chi connectivity index (χ0n) is 14.5. The van der Waals surface area contributed by atoms with Crippen LogP contribution in [-0.2, 0) is 9.53 Å². The second-order valence-electron chi connectivity index (χ2n) is 5.78.